The number of hydrogen-bond donors (Lipinski definition) is 0. The third kappa shape index (κ3) is 3.67. The van der Waals surface area contributed by atoms with Gasteiger partial charge in [-0.15, -0.1) is 0 Å². The molecule has 0 radical (unpaired) electrons. The Hall–Kier alpha value is -2.86. The molecule has 0 heterocycles. The summed E-state index contributed by atoms with van der Waals surface area (Å²) in [4.78, 5) is 12.0. The predicted molar refractivity (Wildman–Crippen MR) is 88.8 cm³/mol. The molecule has 0 saturated heterocycles. The molecule has 0 bridgehead atoms. The molecule has 1 aliphatic carbocycles. The van der Waals surface area contributed by atoms with Crippen LogP contribution in [0.25, 0.3) is 5.76 Å². The average molecular weight is 303 g/mol. The zero-order valence-electron chi connectivity index (χ0n) is 12.8. The van der Waals surface area contributed by atoms with Crippen LogP contribution in [0, 0.1) is 11.3 Å². The molecule has 1 aliphatic rings. The number of fused-ring (bicyclic) bond motifs is 1. The van der Waals surface area contributed by atoms with Gasteiger partial charge in [-0.1, -0.05) is 36.4 Å². The molecule has 3 heteroatoms. The van der Waals surface area contributed by atoms with Crippen LogP contribution in [0.1, 0.15) is 29.5 Å². The number of carbonyl (C=O) groups is 1. The van der Waals surface area contributed by atoms with Crippen LogP contribution in [-0.4, -0.2) is 5.78 Å². The first kappa shape index (κ1) is 15.1. The van der Waals surface area contributed by atoms with Gasteiger partial charge in [-0.3, -0.25) is 4.79 Å². The van der Waals surface area contributed by atoms with Crippen LogP contribution in [-0.2, 0) is 17.6 Å². The lowest BCUT2D eigenvalue weighted by Gasteiger charge is -2.16. The molecule has 0 fully saturated rings. The minimum absolute atomic E-state index is 0.0858. The standard InChI is InChI=1S/C20H17NO2/c21-12-11-15-5-3-9-18(13-15)23-20-14-17(22)8-4-7-16-6-1-2-10-19(16)20/h1-3,5-6,9-10,13-14H,4,7-8,11H2/b20-14+. The zero-order valence-corrected chi connectivity index (χ0v) is 12.8. The maximum atomic E-state index is 12.0. The van der Waals surface area contributed by atoms with E-state index in [1.54, 1.807) is 6.08 Å². The minimum atomic E-state index is 0.0858. The van der Waals surface area contributed by atoms with Crippen molar-refractivity contribution in [2.45, 2.75) is 25.7 Å². The molecule has 0 amide bonds. The molecule has 0 unspecified atom stereocenters. The van der Waals surface area contributed by atoms with Gasteiger partial charge in [0, 0.05) is 18.1 Å². The van der Waals surface area contributed by atoms with E-state index in [1.807, 2.05) is 42.5 Å². The van der Waals surface area contributed by atoms with Crippen molar-refractivity contribution < 1.29 is 9.53 Å². The topological polar surface area (TPSA) is 50.1 Å². The molecule has 2 aromatic rings. The summed E-state index contributed by atoms with van der Waals surface area (Å²) in [5, 5.41) is 8.82. The van der Waals surface area contributed by atoms with Gasteiger partial charge in [-0.2, -0.15) is 5.26 Å². The van der Waals surface area contributed by atoms with E-state index in [-0.39, 0.29) is 5.78 Å². The summed E-state index contributed by atoms with van der Waals surface area (Å²) in [7, 11) is 0. The van der Waals surface area contributed by atoms with Crippen LogP contribution in [0.5, 0.6) is 5.75 Å². The summed E-state index contributed by atoms with van der Waals surface area (Å²) in [6.07, 6.45) is 4.20. The summed E-state index contributed by atoms with van der Waals surface area (Å²) in [5.41, 5.74) is 3.06. The Kier molecular flexibility index (Phi) is 4.54. The molecule has 23 heavy (non-hydrogen) atoms. The van der Waals surface area contributed by atoms with E-state index in [2.05, 4.69) is 12.1 Å². The molecule has 0 N–H and O–H groups in total. The molecule has 3 nitrogen and oxygen atoms in total. The molecule has 3 rings (SSSR count). The maximum absolute atomic E-state index is 12.0. The van der Waals surface area contributed by atoms with Crippen molar-refractivity contribution in [1.29, 1.82) is 5.26 Å². The number of aryl methyl sites for hydroxylation is 1. The number of rotatable bonds is 3. The van der Waals surface area contributed by atoms with Crippen molar-refractivity contribution in [2.75, 3.05) is 0 Å². The first-order chi connectivity index (χ1) is 11.3. The molecule has 0 saturated carbocycles. The molecule has 0 atom stereocenters. The van der Waals surface area contributed by atoms with Crippen molar-refractivity contribution in [3.05, 3.63) is 71.3 Å². The SMILES string of the molecule is N#CCc1cccc(O/C2=C/C(=O)CCCc3ccccc32)c1. The second kappa shape index (κ2) is 6.93. The highest BCUT2D eigenvalue weighted by Gasteiger charge is 2.15. The fourth-order valence-corrected chi connectivity index (χ4v) is 2.75. The summed E-state index contributed by atoms with van der Waals surface area (Å²) in [6.45, 7) is 0. The first-order valence-corrected chi connectivity index (χ1v) is 7.73. The number of nitriles is 1. The van der Waals surface area contributed by atoms with Crippen molar-refractivity contribution in [1.82, 2.24) is 0 Å². The second-order valence-corrected chi connectivity index (χ2v) is 5.57. The molecule has 114 valence electrons. The summed E-state index contributed by atoms with van der Waals surface area (Å²) >= 11 is 0. The lowest BCUT2D eigenvalue weighted by molar-refractivity contribution is -0.114. The fourth-order valence-electron chi connectivity index (χ4n) is 2.75. The molecule has 2 aromatic carbocycles. The van der Waals surface area contributed by atoms with Crippen LogP contribution < -0.4 is 4.74 Å². The third-order valence-electron chi connectivity index (χ3n) is 3.85. The van der Waals surface area contributed by atoms with E-state index >= 15 is 0 Å². The third-order valence-corrected chi connectivity index (χ3v) is 3.85. The molecular formula is C20H17NO2. The smallest absolute Gasteiger partial charge is 0.159 e. The first-order valence-electron chi connectivity index (χ1n) is 7.73. The summed E-state index contributed by atoms with van der Waals surface area (Å²) in [5.74, 6) is 1.31. The van der Waals surface area contributed by atoms with Gasteiger partial charge >= 0.3 is 0 Å². The van der Waals surface area contributed by atoms with E-state index in [1.165, 1.54) is 5.56 Å². The molecule has 0 aliphatic heterocycles. The minimum Gasteiger partial charge on any atom is -0.457 e. The van der Waals surface area contributed by atoms with Gasteiger partial charge in [0.05, 0.1) is 12.5 Å². The van der Waals surface area contributed by atoms with Crippen molar-refractivity contribution >= 4 is 11.5 Å². The largest absolute Gasteiger partial charge is 0.457 e. The quantitative estimate of drug-likeness (QED) is 0.858. The summed E-state index contributed by atoms with van der Waals surface area (Å²) in [6, 6.07) is 17.6. The van der Waals surface area contributed by atoms with E-state index in [4.69, 9.17) is 10.00 Å². The number of allylic oxidation sites excluding steroid dienone is 1. The van der Waals surface area contributed by atoms with Gasteiger partial charge in [0.2, 0.25) is 0 Å². The molecular weight excluding hydrogens is 286 g/mol. The number of benzene rings is 2. The van der Waals surface area contributed by atoms with E-state index < -0.39 is 0 Å². The molecule has 0 spiro atoms. The van der Waals surface area contributed by atoms with Gasteiger partial charge in [-0.05, 0) is 36.1 Å². The Balaban J connectivity index is 1.96. The van der Waals surface area contributed by atoms with Crippen LogP contribution in [0.2, 0.25) is 0 Å². The van der Waals surface area contributed by atoms with Crippen LogP contribution in [0.4, 0.5) is 0 Å². The highest BCUT2D eigenvalue weighted by Crippen LogP contribution is 2.27. The Bertz CT molecular complexity index is 799. The number of ketones is 1. The number of ether oxygens (including phenoxy) is 1. The predicted octanol–water partition coefficient (Wildman–Crippen LogP) is 4.08. The summed E-state index contributed by atoms with van der Waals surface area (Å²) < 4.78 is 6.01. The number of nitrogens with zero attached hydrogens (tertiary/aromatic N) is 1. The average Bonchev–Trinajstić information content (AvgIpc) is 2.54. The fraction of sp³-hybridized carbons (Fsp3) is 0.200. The van der Waals surface area contributed by atoms with Gasteiger partial charge in [0.1, 0.15) is 11.5 Å². The monoisotopic (exact) mass is 303 g/mol. The van der Waals surface area contributed by atoms with Crippen molar-refractivity contribution in [3.8, 4) is 11.8 Å². The lowest BCUT2D eigenvalue weighted by Crippen LogP contribution is -2.07. The Morgan fingerprint density at radius 2 is 1.96 bits per heavy atom. The van der Waals surface area contributed by atoms with Gasteiger partial charge < -0.3 is 4.74 Å². The van der Waals surface area contributed by atoms with Gasteiger partial charge in [0.25, 0.3) is 0 Å². The Morgan fingerprint density at radius 1 is 1.09 bits per heavy atom. The lowest BCUT2D eigenvalue weighted by atomic mass is 9.96. The highest BCUT2D eigenvalue weighted by molar-refractivity contribution is 5.96. The van der Waals surface area contributed by atoms with Crippen molar-refractivity contribution in [2.24, 2.45) is 0 Å². The number of carbonyl (C=O) groups excluding carboxylic acids is 1. The zero-order chi connectivity index (χ0) is 16.1. The van der Waals surface area contributed by atoms with Gasteiger partial charge in [-0.25, -0.2) is 0 Å². The van der Waals surface area contributed by atoms with Crippen LogP contribution in [0.3, 0.4) is 0 Å². The molecule has 0 aromatic heterocycles. The maximum Gasteiger partial charge on any atom is 0.159 e. The van der Waals surface area contributed by atoms with Crippen LogP contribution >= 0.6 is 0 Å². The van der Waals surface area contributed by atoms with Crippen LogP contribution in [0.15, 0.2) is 54.6 Å². The van der Waals surface area contributed by atoms with E-state index in [0.717, 1.165) is 24.0 Å². The Labute approximate surface area is 135 Å². The van der Waals surface area contributed by atoms with E-state index in [0.29, 0.717) is 24.4 Å². The normalized spacial score (nSPS) is 16.3. The second-order valence-electron chi connectivity index (χ2n) is 5.57. The van der Waals surface area contributed by atoms with Crippen molar-refractivity contribution in [3.63, 3.8) is 0 Å². The highest BCUT2D eigenvalue weighted by atomic mass is 16.5. The Morgan fingerprint density at radius 3 is 2.83 bits per heavy atom. The number of hydrogen-bond acceptors (Lipinski definition) is 3. The van der Waals surface area contributed by atoms with E-state index in [9.17, 15) is 4.79 Å². The van der Waals surface area contributed by atoms with Gasteiger partial charge in [0.15, 0.2) is 5.78 Å².